The van der Waals surface area contributed by atoms with Gasteiger partial charge in [-0.25, -0.2) is 13.8 Å². The van der Waals surface area contributed by atoms with Crippen LogP contribution in [0.2, 0.25) is 0 Å². The monoisotopic (exact) mass is 499 g/mol. The van der Waals surface area contributed by atoms with Gasteiger partial charge in [-0.1, -0.05) is 12.0 Å². The lowest BCUT2D eigenvalue weighted by Gasteiger charge is -2.19. The molecule has 0 radical (unpaired) electrons. The summed E-state index contributed by atoms with van der Waals surface area (Å²) in [5, 5.41) is 5.57. The van der Waals surface area contributed by atoms with Crippen LogP contribution in [0.25, 0.3) is 16.7 Å². The molecule has 0 aliphatic heterocycles. The van der Waals surface area contributed by atoms with E-state index in [9.17, 15) is 23.6 Å². The van der Waals surface area contributed by atoms with Crippen LogP contribution < -0.4 is 27.4 Å². The smallest absolute Gasteiger partial charge is 0.337 e. The normalized spacial score (nSPS) is 12.8. The van der Waals surface area contributed by atoms with Gasteiger partial charge in [0.05, 0.1) is 17.1 Å². The van der Waals surface area contributed by atoms with E-state index in [0.29, 0.717) is 29.8 Å². The molecule has 1 saturated carbocycles. The van der Waals surface area contributed by atoms with E-state index in [2.05, 4.69) is 16.6 Å². The first-order valence-electron chi connectivity index (χ1n) is 11.5. The van der Waals surface area contributed by atoms with Crippen molar-refractivity contribution >= 4 is 34.0 Å². The number of aryl methyl sites for hydroxylation is 1. The number of carbonyl (C=O) groups is 1. The van der Waals surface area contributed by atoms with E-state index in [0.717, 1.165) is 6.07 Å². The van der Waals surface area contributed by atoms with Crippen molar-refractivity contribution in [3.05, 3.63) is 91.1 Å². The van der Waals surface area contributed by atoms with Crippen LogP contribution in [0.1, 0.15) is 31.4 Å². The quantitative estimate of drug-likeness (QED) is 0.411. The van der Waals surface area contributed by atoms with Crippen LogP contribution in [-0.2, 0) is 11.8 Å². The molecule has 2 aromatic heterocycles. The van der Waals surface area contributed by atoms with Gasteiger partial charge in [-0.3, -0.25) is 23.5 Å². The van der Waals surface area contributed by atoms with Gasteiger partial charge in [0, 0.05) is 37.3 Å². The van der Waals surface area contributed by atoms with E-state index in [4.69, 9.17) is 6.42 Å². The number of carbonyl (C=O) groups excluding carboxylic acids is 1. The van der Waals surface area contributed by atoms with Gasteiger partial charge >= 0.3 is 5.69 Å². The Labute approximate surface area is 209 Å². The van der Waals surface area contributed by atoms with Crippen LogP contribution in [0.4, 0.5) is 21.5 Å². The second-order valence-corrected chi connectivity index (χ2v) is 8.87. The molecule has 2 heterocycles. The molecule has 10 heteroatoms. The molecule has 1 amide bonds. The number of hydrogen-bond acceptors (Lipinski definition) is 5. The predicted octanol–water partition coefficient (Wildman–Crippen LogP) is 3.01. The molecule has 2 N–H and O–H groups in total. The summed E-state index contributed by atoms with van der Waals surface area (Å²) in [6, 6.07) is 11.5. The summed E-state index contributed by atoms with van der Waals surface area (Å²) in [6.07, 6.45) is 6.66. The molecule has 37 heavy (non-hydrogen) atoms. The molecule has 4 aromatic rings. The van der Waals surface area contributed by atoms with Gasteiger partial charge < -0.3 is 10.6 Å². The summed E-state index contributed by atoms with van der Waals surface area (Å²) >= 11 is 0. The molecular formula is C27H22FN5O4. The largest absolute Gasteiger partial charge is 0.352 e. The molecule has 186 valence electrons. The summed E-state index contributed by atoms with van der Waals surface area (Å²) in [4.78, 5) is 52.0. The van der Waals surface area contributed by atoms with E-state index in [1.807, 2.05) is 0 Å². The number of benzene rings is 2. The van der Waals surface area contributed by atoms with Crippen molar-refractivity contribution in [1.82, 2.24) is 13.7 Å². The minimum Gasteiger partial charge on any atom is -0.352 e. The standard InChI is InChI=1S/C27H22FN5O4/c1-4-16-8-11-21(20(28)12-16)30-22-14-23(35)31(3)25-24(22)26(36)33(18-9-10-18)27(37)32(25)19-7-5-6-17(13-19)29-15(2)34/h1,5-8,11-14,18,30H,9-10H2,2-3H3,(H,29,34). The highest BCUT2D eigenvalue weighted by molar-refractivity contribution is 5.92. The second-order valence-electron chi connectivity index (χ2n) is 8.87. The van der Waals surface area contributed by atoms with Crippen molar-refractivity contribution in [2.24, 2.45) is 7.05 Å². The van der Waals surface area contributed by atoms with E-state index in [1.165, 1.54) is 45.9 Å². The minimum absolute atomic E-state index is 0.0105. The second kappa shape index (κ2) is 8.95. The number of anilines is 3. The molecule has 5 rings (SSSR count). The molecule has 1 fully saturated rings. The van der Waals surface area contributed by atoms with Gasteiger partial charge in [0.25, 0.3) is 11.1 Å². The third-order valence-corrected chi connectivity index (χ3v) is 6.19. The molecule has 0 atom stereocenters. The highest BCUT2D eigenvalue weighted by Gasteiger charge is 2.31. The van der Waals surface area contributed by atoms with Crippen molar-refractivity contribution < 1.29 is 9.18 Å². The van der Waals surface area contributed by atoms with Crippen LogP contribution in [0, 0.1) is 18.2 Å². The lowest BCUT2D eigenvalue weighted by atomic mass is 10.2. The third-order valence-electron chi connectivity index (χ3n) is 6.19. The number of nitrogens with one attached hydrogen (secondary N) is 2. The Bertz CT molecular complexity index is 1820. The Balaban J connectivity index is 1.85. The molecule has 9 nitrogen and oxygen atoms in total. The number of aromatic nitrogens is 3. The number of fused-ring (bicyclic) bond motifs is 1. The highest BCUT2D eigenvalue weighted by atomic mass is 19.1. The van der Waals surface area contributed by atoms with Gasteiger partial charge in [0.2, 0.25) is 5.91 Å². The van der Waals surface area contributed by atoms with Gasteiger partial charge in [0.1, 0.15) is 16.9 Å². The zero-order valence-electron chi connectivity index (χ0n) is 20.0. The summed E-state index contributed by atoms with van der Waals surface area (Å²) in [5.41, 5.74) is -0.523. The fourth-order valence-electron chi connectivity index (χ4n) is 4.33. The Morgan fingerprint density at radius 2 is 1.84 bits per heavy atom. The maximum Gasteiger partial charge on any atom is 0.337 e. The molecular weight excluding hydrogens is 477 g/mol. The van der Waals surface area contributed by atoms with Gasteiger partial charge in [-0.05, 0) is 49.2 Å². The first kappa shape index (κ1) is 23.8. The summed E-state index contributed by atoms with van der Waals surface area (Å²) in [5.74, 6) is 1.39. The summed E-state index contributed by atoms with van der Waals surface area (Å²) in [7, 11) is 1.45. The van der Waals surface area contributed by atoms with E-state index in [1.54, 1.807) is 24.3 Å². The maximum absolute atomic E-state index is 14.8. The maximum atomic E-state index is 14.8. The van der Waals surface area contributed by atoms with Crippen LogP contribution in [-0.4, -0.2) is 19.6 Å². The molecule has 0 spiro atoms. The van der Waals surface area contributed by atoms with Gasteiger partial charge in [0.15, 0.2) is 0 Å². The highest BCUT2D eigenvalue weighted by Crippen LogP contribution is 2.33. The van der Waals surface area contributed by atoms with Crippen LogP contribution >= 0.6 is 0 Å². The number of hydrogen-bond donors (Lipinski definition) is 2. The topological polar surface area (TPSA) is 107 Å². The molecule has 2 aromatic carbocycles. The molecule has 0 unspecified atom stereocenters. The van der Waals surface area contributed by atoms with Crippen LogP contribution in [0.3, 0.4) is 0 Å². The van der Waals surface area contributed by atoms with E-state index >= 15 is 0 Å². The summed E-state index contributed by atoms with van der Waals surface area (Å²) in [6.45, 7) is 1.36. The SMILES string of the molecule is C#Cc1ccc(Nc2cc(=O)n(C)c3c2c(=O)n(C2CC2)c(=O)n3-c2cccc(NC(C)=O)c2)c(F)c1. The van der Waals surface area contributed by atoms with Crippen LogP contribution in [0.15, 0.2) is 62.9 Å². The van der Waals surface area contributed by atoms with Crippen molar-refractivity contribution in [2.75, 3.05) is 10.6 Å². The number of terminal acetylenes is 1. The zero-order chi connectivity index (χ0) is 26.4. The third kappa shape index (κ3) is 4.21. The minimum atomic E-state index is -0.664. The van der Waals surface area contributed by atoms with E-state index < -0.39 is 22.6 Å². The molecule has 1 aliphatic carbocycles. The van der Waals surface area contributed by atoms with Gasteiger partial charge in [-0.2, -0.15) is 0 Å². The zero-order valence-corrected chi connectivity index (χ0v) is 20.0. The van der Waals surface area contributed by atoms with Crippen molar-refractivity contribution in [3.8, 4) is 18.0 Å². The van der Waals surface area contributed by atoms with Gasteiger partial charge in [-0.15, -0.1) is 6.42 Å². The van der Waals surface area contributed by atoms with Crippen molar-refractivity contribution in [1.29, 1.82) is 0 Å². The fraction of sp³-hybridized carbons (Fsp3) is 0.185. The number of halogens is 1. The van der Waals surface area contributed by atoms with E-state index in [-0.39, 0.29) is 34.4 Å². The number of rotatable bonds is 5. The lowest BCUT2D eigenvalue weighted by Crippen LogP contribution is -2.41. The Hall–Kier alpha value is -4.91. The average molecular weight is 500 g/mol. The average Bonchev–Trinajstić information content (AvgIpc) is 3.68. The number of pyridine rings is 1. The lowest BCUT2D eigenvalue weighted by molar-refractivity contribution is -0.114. The fourth-order valence-corrected chi connectivity index (χ4v) is 4.33. The Kier molecular flexibility index (Phi) is 5.76. The predicted molar refractivity (Wildman–Crippen MR) is 139 cm³/mol. The first-order chi connectivity index (χ1) is 17.7. The Morgan fingerprint density at radius 3 is 2.49 bits per heavy atom. The molecule has 1 aliphatic rings. The van der Waals surface area contributed by atoms with Crippen molar-refractivity contribution in [2.45, 2.75) is 25.8 Å². The first-order valence-corrected chi connectivity index (χ1v) is 11.5. The van der Waals surface area contributed by atoms with Crippen molar-refractivity contribution in [3.63, 3.8) is 0 Å². The number of nitrogens with zero attached hydrogens (tertiary/aromatic N) is 3. The molecule has 0 saturated heterocycles. The molecule has 0 bridgehead atoms. The number of amides is 1. The van der Waals surface area contributed by atoms with Crippen LogP contribution in [0.5, 0.6) is 0 Å². The summed E-state index contributed by atoms with van der Waals surface area (Å²) < 4.78 is 18.4. The Morgan fingerprint density at radius 1 is 1.08 bits per heavy atom.